The van der Waals surface area contributed by atoms with Gasteiger partial charge in [-0.05, 0) is 43.0 Å². The van der Waals surface area contributed by atoms with Gasteiger partial charge in [0.1, 0.15) is 5.78 Å². The van der Waals surface area contributed by atoms with Gasteiger partial charge in [0.2, 0.25) is 5.91 Å². The number of nitrogens with one attached hydrogen (secondary N) is 1. The molecule has 1 rings (SSSR count). The minimum absolute atomic E-state index is 0.0432. The highest BCUT2D eigenvalue weighted by Gasteiger charge is 2.05. The largest absolute Gasteiger partial charge is 0.326 e. The summed E-state index contributed by atoms with van der Waals surface area (Å²) >= 11 is 0. The second-order valence-corrected chi connectivity index (χ2v) is 4.50. The summed E-state index contributed by atoms with van der Waals surface area (Å²) in [4.78, 5) is 22.5. The summed E-state index contributed by atoms with van der Waals surface area (Å²) in [6, 6.07) is 6.14. The van der Waals surface area contributed by atoms with Crippen LogP contribution in [0.1, 0.15) is 44.7 Å². The Balaban J connectivity index is 2.71. The van der Waals surface area contributed by atoms with Gasteiger partial charge in [-0.2, -0.15) is 0 Å². The molecule has 1 aromatic rings. The van der Waals surface area contributed by atoms with Gasteiger partial charge >= 0.3 is 0 Å². The lowest BCUT2D eigenvalue weighted by atomic mass is 10.1. The molecule has 0 aliphatic heterocycles. The summed E-state index contributed by atoms with van der Waals surface area (Å²) in [6.07, 6.45) is 2.46. The third-order valence-electron chi connectivity index (χ3n) is 2.86. The molecule has 0 saturated carbocycles. The molecule has 0 aliphatic rings. The van der Waals surface area contributed by atoms with Crippen LogP contribution in [0.5, 0.6) is 0 Å². The van der Waals surface area contributed by atoms with Gasteiger partial charge in [0.25, 0.3) is 0 Å². The molecule has 0 atom stereocenters. The number of carbonyl (C=O) groups excluding carboxylic acids is 2. The fraction of sp³-hybridized carbons (Fsp3) is 0.467. The molecular weight excluding hydrogens is 226 g/mol. The number of aryl methyl sites for hydroxylation is 2. The lowest BCUT2D eigenvalue weighted by Gasteiger charge is -2.09. The van der Waals surface area contributed by atoms with Crippen molar-refractivity contribution in [2.24, 2.45) is 0 Å². The zero-order valence-corrected chi connectivity index (χ0v) is 11.4. The molecule has 0 saturated heterocycles. The van der Waals surface area contributed by atoms with E-state index in [9.17, 15) is 9.59 Å². The van der Waals surface area contributed by atoms with E-state index in [-0.39, 0.29) is 18.1 Å². The number of anilines is 1. The first-order valence-electron chi connectivity index (χ1n) is 6.47. The van der Waals surface area contributed by atoms with Gasteiger partial charge in [-0.25, -0.2) is 0 Å². The van der Waals surface area contributed by atoms with Gasteiger partial charge in [0.15, 0.2) is 0 Å². The number of benzene rings is 1. The van der Waals surface area contributed by atoms with Crippen LogP contribution >= 0.6 is 0 Å². The number of rotatable bonds is 6. The molecule has 0 bridgehead atoms. The third kappa shape index (κ3) is 4.70. The van der Waals surface area contributed by atoms with Crippen molar-refractivity contribution in [2.45, 2.75) is 46.5 Å². The van der Waals surface area contributed by atoms with E-state index in [2.05, 4.69) is 25.2 Å². The average molecular weight is 247 g/mol. The van der Waals surface area contributed by atoms with E-state index in [4.69, 9.17) is 0 Å². The van der Waals surface area contributed by atoms with Crippen LogP contribution in [0.4, 0.5) is 5.69 Å². The van der Waals surface area contributed by atoms with E-state index in [1.807, 2.05) is 12.1 Å². The van der Waals surface area contributed by atoms with Gasteiger partial charge in [-0.15, -0.1) is 0 Å². The topological polar surface area (TPSA) is 46.2 Å². The van der Waals surface area contributed by atoms with Crippen molar-refractivity contribution < 1.29 is 9.59 Å². The SMILES string of the molecule is CCc1cc(CC)cc(NC(=O)CCC(C)=O)c1. The molecule has 18 heavy (non-hydrogen) atoms. The maximum atomic E-state index is 11.7. The molecule has 0 unspecified atom stereocenters. The lowest BCUT2D eigenvalue weighted by molar-refractivity contribution is -0.121. The van der Waals surface area contributed by atoms with Crippen molar-refractivity contribution in [2.75, 3.05) is 5.32 Å². The van der Waals surface area contributed by atoms with E-state index in [1.54, 1.807) is 0 Å². The Hall–Kier alpha value is -1.64. The maximum absolute atomic E-state index is 11.7. The first-order valence-corrected chi connectivity index (χ1v) is 6.47. The first kappa shape index (κ1) is 14.4. The highest BCUT2D eigenvalue weighted by atomic mass is 16.2. The predicted molar refractivity (Wildman–Crippen MR) is 73.7 cm³/mol. The number of ketones is 1. The second kappa shape index (κ2) is 6.94. The van der Waals surface area contributed by atoms with Crippen molar-refractivity contribution in [1.82, 2.24) is 0 Å². The van der Waals surface area contributed by atoms with Gasteiger partial charge < -0.3 is 10.1 Å². The Kier molecular flexibility index (Phi) is 5.56. The summed E-state index contributed by atoms with van der Waals surface area (Å²) in [5.74, 6) is -0.0535. The van der Waals surface area contributed by atoms with Crippen LogP contribution < -0.4 is 5.32 Å². The minimum atomic E-state index is -0.0968. The van der Waals surface area contributed by atoms with Crippen LogP contribution in [-0.2, 0) is 22.4 Å². The number of amides is 1. The molecule has 3 heteroatoms. The fourth-order valence-corrected chi connectivity index (χ4v) is 1.76. The van der Waals surface area contributed by atoms with Crippen LogP contribution in [0.25, 0.3) is 0 Å². The summed E-state index contributed by atoms with van der Waals surface area (Å²) < 4.78 is 0. The van der Waals surface area contributed by atoms with Crippen LogP contribution in [0, 0.1) is 0 Å². The maximum Gasteiger partial charge on any atom is 0.224 e. The molecule has 3 nitrogen and oxygen atoms in total. The molecule has 0 heterocycles. The summed E-state index contributed by atoms with van der Waals surface area (Å²) in [7, 11) is 0. The van der Waals surface area contributed by atoms with Crippen LogP contribution in [0.15, 0.2) is 18.2 Å². The number of hydrogen-bond donors (Lipinski definition) is 1. The Morgan fingerprint density at radius 3 is 2.00 bits per heavy atom. The van der Waals surface area contributed by atoms with E-state index >= 15 is 0 Å². The molecule has 1 amide bonds. The molecule has 0 radical (unpaired) electrons. The third-order valence-corrected chi connectivity index (χ3v) is 2.86. The molecule has 98 valence electrons. The molecule has 0 aromatic heterocycles. The molecular formula is C15H21NO2. The second-order valence-electron chi connectivity index (χ2n) is 4.50. The van der Waals surface area contributed by atoms with Gasteiger partial charge in [0, 0.05) is 18.5 Å². The van der Waals surface area contributed by atoms with Crippen LogP contribution in [0.2, 0.25) is 0 Å². The zero-order valence-electron chi connectivity index (χ0n) is 11.4. The van der Waals surface area contributed by atoms with Crippen molar-refractivity contribution in [3.8, 4) is 0 Å². The predicted octanol–water partition coefficient (Wildman–Crippen LogP) is 3.12. The molecule has 0 fully saturated rings. The van der Waals surface area contributed by atoms with Crippen LogP contribution in [0.3, 0.4) is 0 Å². The average Bonchev–Trinajstić information content (AvgIpc) is 2.35. The Morgan fingerprint density at radius 2 is 1.56 bits per heavy atom. The normalized spacial score (nSPS) is 10.2. The van der Waals surface area contributed by atoms with E-state index < -0.39 is 0 Å². The Bertz CT molecular complexity index is 416. The van der Waals surface area contributed by atoms with Crippen LogP contribution in [-0.4, -0.2) is 11.7 Å². The Labute approximate surface area is 109 Å². The molecule has 1 N–H and O–H groups in total. The van der Waals surface area contributed by atoms with Crippen molar-refractivity contribution in [1.29, 1.82) is 0 Å². The molecule has 1 aromatic carbocycles. The standard InChI is InChI=1S/C15H21NO2/c1-4-12-8-13(5-2)10-14(9-12)16-15(18)7-6-11(3)17/h8-10H,4-7H2,1-3H3,(H,16,18). The first-order chi connectivity index (χ1) is 8.55. The number of Topliss-reactive ketones (excluding diaryl/α,β-unsaturated/α-hetero) is 1. The minimum Gasteiger partial charge on any atom is -0.326 e. The molecule has 0 aliphatic carbocycles. The number of carbonyl (C=O) groups is 2. The summed E-state index contributed by atoms with van der Waals surface area (Å²) in [5, 5.41) is 2.86. The Morgan fingerprint density at radius 1 is 1.00 bits per heavy atom. The zero-order chi connectivity index (χ0) is 13.5. The van der Waals surface area contributed by atoms with E-state index in [1.165, 1.54) is 18.1 Å². The van der Waals surface area contributed by atoms with Crippen molar-refractivity contribution >= 4 is 17.4 Å². The highest BCUT2D eigenvalue weighted by Crippen LogP contribution is 2.16. The van der Waals surface area contributed by atoms with Crippen molar-refractivity contribution in [3.05, 3.63) is 29.3 Å². The monoisotopic (exact) mass is 247 g/mol. The lowest BCUT2D eigenvalue weighted by Crippen LogP contribution is -2.13. The van der Waals surface area contributed by atoms with Gasteiger partial charge in [-0.1, -0.05) is 19.9 Å². The highest BCUT2D eigenvalue weighted by molar-refractivity contribution is 5.93. The van der Waals surface area contributed by atoms with E-state index in [0.29, 0.717) is 6.42 Å². The van der Waals surface area contributed by atoms with Gasteiger partial charge in [0.05, 0.1) is 0 Å². The fourth-order valence-electron chi connectivity index (χ4n) is 1.76. The molecule has 0 spiro atoms. The van der Waals surface area contributed by atoms with E-state index in [0.717, 1.165) is 18.5 Å². The van der Waals surface area contributed by atoms with Crippen molar-refractivity contribution in [3.63, 3.8) is 0 Å². The summed E-state index contributed by atoms with van der Waals surface area (Å²) in [6.45, 7) is 5.69. The number of hydrogen-bond acceptors (Lipinski definition) is 2. The van der Waals surface area contributed by atoms with Gasteiger partial charge in [-0.3, -0.25) is 4.79 Å². The smallest absolute Gasteiger partial charge is 0.224 e. The summed E-state index contributed by atoms with van der Waals surface area (Å²) in [5.41, 5.74) is 3.27. The quantitative estimate of drug-likeness (QED) is 0.839.